The van der Waals surface area contributed by atoms with E-state index < -0.39 is 0 Å². The predicted octanol–water partition coefficient (Wildman–Crippen LogP) is 11.5. The first kappa shape index (κ1) is 31.2. The van der Waals surface area contributed by atoms with Gasteiger partial charge in [0.05, 0.1) is 11.2 Å². The zero-order valence-electron chi connectivity index (χ0n) is 25.6. The monoisotopic (exact) mass is 624 g/mol. The Morgan fingerprint density at radius 3 is 1.73 bits per heavy atom. The topological polar surface area (TPSA) is 18.5 Å². The first-order valence-electron chi connectivity index (χ1n) is 15.5. The molecule has 0 bridgehead atoms. The summed E-state index contributed by atoms with van der Waals surface area (Å²) in [5.41, 5.74) is 2.32. The summed E-state index contributed by atoms with van der Waals surface area (Å²) in [6, 6.07) is 14.0. The molecule has 0 aliphatic carbocycles. The molecule has 0 unspecified atom stereocenters. The van der Waals surface area contributed by atoms with E-state index in [4.69, 9.17) is 9.31 Å². The maximum absolute atomic E-state index is 6.45. The van der Waals surface area contributed by atoms with Crippen LogP contribution < -0.4 is 4.78 Å². The van der Waals surface area contributed by atoms with E-state index in [1.807, 2.05) is 45.3 Å². The molecule has 0 saturated carbocycles. The van der Waals surface area contributed by atoms with Gasteiger partial charge in [-0.3, -0.25) is 0 Å². The molecule has 0 radical (unpaired) electrons. The smallest absolute Gasteiger partial charge is 0.399 e. The summed E-state index contributed by atoms with van der Waals surface area (Å²) < 4.78 is 14.1. The van der Waals surface area contributed by atoms with Gasteiger partial charge in [0.1, 0.15) is 0 Å². The van der Waals surface area contributed by atoms with E-state index in [0.29, 0.717) is 0 Å². The Kier molecular flexibility index (Phi) is 10.4. The summed E-state index contributed by atoms with van der Waals surface area (Å²) >= 11 is 7.63. The molecular formula is C34H45BO2S4. The summed E-state index contributed by atoms with van der Waals surface area (Å²) in [7, 11) is -0.297. The molecule has 0 aromatic carbocycles. The third kappa shape index (κ3) is 7.13. The maximum Gasteiger partial charge on any atom is 0.505 e. The van der Waals surface area contributed by atoms with Crippen molar-refractivity contribution in [1.82, 2.24) is 0 Å². The first-order valence-corrected chi connectivity index (χ1v) is 18.8. The van der Waals surface area contributed by atoms with Gasteiger partial charge in [0.2, 0.25) is 0 Å². The summed E-state index contributed by atoms with van der Waals surface area (Å²) in [6.07, 6.45) is 12.6. The molecule has 0 N–H and O–H groups in total. The van der Waals surface area contributed by atoms with E-state index in [9.17, 15) is 0 Å². The van der Waals surface area contributed by atoms with Crippen molar-refractivity contribution in [3.8, 4) is 29.3 Å². The molecule has 2 nitrogen and oxygen atoms in total. The van der Waals surface area contributed by atoms with E-state index >= 15 is 0 Å². The highest BCUT2D eigenvalue weighted by molar-refractivity contribution is 7.30. The Labute approximate surface area is 264 Å². The number of aryl methyl sites for hydroxylation is 2. The second-order valence-corrected chi connectivity index (χ2v) is 16.5. The van der Waals surface area contributed by atoms with Gasteiger partial charge in [0.15, 0.2) is 0 Å². The van der Waals surface area contributed by atoms with E-state index in [0.717, 1.165) is 6.42 Å². The van der Waals surface area contributed by atoms with Gasteiger partial charge in [-0.25, -0.2) is 0 Å². The SMILES string of the molecule is CCCCCCc1ccsc1-c1ccc(-c2ccc(-c3sc(B4OC(C)(C)C(C)(C)O4)cc3CCCCCC)s2)s1. The van der Waals surface area contributed by atoms with Gasteiger partial charge >= 0.3 is 7.12 Å². The fourth-order valence-electron chi connectivity index (χ4n) is 5.34. The third-order valence-corrected chi connectivity index (χ3v) is 13.4. The Hall–Kier alpha value is -1.22. The Bertz CT molecular complexity index is 1390. The second-order valence-electron chi connectivity index (χ2n) is 12.3. The lowest BCUT2D eigenvalue weighted by atomic mass is 9.87. The zero-order valence-corrected chi connectivity index (χ0v) is 28.9. The Morgan fingerprint density at radius 2 is 1.15 bits per heavy atom. The fourth-order valence-corrected chi connectivity index (χ4v) is 9.87. The summed E-state index contributed by atoms with van der Waals surface area (Å²) in [4.78, 5) is 8.36. The minimum Gasteiger partial charge on any atom is -0.399 e. The van der Waals surface area contributed by atoms with Crippen LogP contribution in [0, 0.1) is 0 Å². The third-order valence-electron chi connectivity index (χ3n) is 8.56. The largest absolute Gasteiger partial charge is 0.505 e. The molecule has 0 atom stereocenters. The molecule has 1 fully saturated rings. The molecule has 7 heteroatoms. The summed E-state index contributed by atoms with van der Waals surface area (Å²) in [6.45, 7) is 13.1. The highest BCUT2D eigenvalue weighted by atomic mass is 32.1. The lowest BCUT2D eigenvalue weighted by Gasteiger charge is -2.32. The van der Waals surface area contributed by atoms with Gasteiger partial charge < -0.3 is 9.31 Å². The normalized spacial score (nSPS) is 16.2. The van der Waals surface area contributed by atoms with Crippen LogP contribution in [0.3, 0.4) is 0 Å². The summed E-state index contributed by atoms with van der Waals surface area (Å²) in [5.74, 6) is 0. The molecular weight excluding hydrogens is 579 g/mol. The molecule has 5 rings (SSSR count). The van der Waals surface area contributed by atoms with Crippen LogP contribution in [0.4, 0.5) is 0 Å². The van der Waals surface area contributed by atoms with Crippen molar-refractivity contribution >= 4 is 57.2 Å². The highest BCUT2D eigenvalue weighted by Crippen LogP contribution is 2.45. The molecule has 4 aromatic rings. The van der Waals surface area contributed by atoms with Crippen LogP contribution >= 0.6 is 45.3 Å². The standard InChI is InChI=1S/C34H45BO2S4/c1-7-9-11-13-15-24-21-22-38-31(24)28-19-17-26(39-28)27-18-20-29(40-27)32-25(16-14-12-10-8-2)23-30(41-32)35-36-33(3,4)34(5,6)37-35/h17-23H,7-16H2,1-6H3. The second kappa shape index (κ2) is 13.6. The van der Waals surface area contributed by atoms with Gasteiger partial charge in [-0.2, -0.15) is 0 Å². The van der Waals surface area contributed by atoms with Crippen LogP contribution in [0.5, 0.6) is 0 Å². The van der Waals surface area contributed by atoms with E-state index in [2.05, 4.69) is 83.3 Å². The lowest BCUT2D eigenvalue weighted by molar-refractivity contribution is 0.00578. The zero-order chi connectivity index (χ0) is 29.0. The van der Waals surface area contributed by atoms with Crippen molar-refractivity contribution in [2.45, 2.75) is 117 Å². The van der Waals surface area contributed by atoms with E-state index in [1.165, 1.54) is 103 Å². The Morgan fingerprint density at radius 1 is 0.610 bits per heavy atom. The minimum absolute atomic E-state index is 0.297. The molecule has 220 valence electrons. The van der Waals surface area contributed by atoms with Crippen LogP contribution in [-0.2, 0) is 22.2 Å². The quantitative estimate of drug-likeness (QED) is 0.103. The van der Waals surface area contributed by atoms with Crippen molar-refractivity contribution in [3.63, 3.8) is 0 Å². The molecule has 1 aliphatic rings. The average Bonchev–Trinajstić information content (AvgIpc) is 3.75. The molecule has 1 saturated heterocycles. The Balaban J connectivity index is 1.37. The van der Waals surface area contributed by atoms with Crippen molar-refractivity contribution in [1.29, 1.82) is 0 Å². The van der Waals surface area contributed by atoms with E-state index in [-0.39, 0.29) is 18.3 Å². The average molecular weight is 625 g/mol. The van der Waals surface area contributed by atoms with Crippen LogP contribution in [0.2, 0.25) is 0 Å². The van der Waals surface area contributed by atoms with Gasteiger partial charge in [-0.15, -0.1) is 45.3 Å². The molecule has 41 heavy (non-hydrogen) atoms. The number of hydrogen-bond acceptors (Lipinski definition) is 6. The molecule has 1 aliphatic heterocycles. The predicted molar refractivity (Wildman–Crippen MR) is 186 cm³/mol. The van der Waals surface area contributed by atoms with Crippen LogP contribution in [-0.4, -0.2) is 18.3 Å². The van der Waals surface area contributed by atoms with Crippen molar-refractivity contribution in [2.24, 2.45) is 0 Å². The summed E-state index contributed by atoms with van der Waals surface area (Å²) in [5, 5.41) is 2.27. The molecule has 5 heterocycles. The lowest BCUT2D eigenvalue weighted by Crippen LogP contribution is -2.41. The van der Waals surface area contributed by atoms with Crippen LogP contribution in [0.25, 0.3) is 29.3 Å². The minimum atomic E-state index is -0.325. The van der Waals surface area contributed by atoms with Gasteiger partial charge in [0, 0.05) is 34.0 Å². The number of thiophene rings is 4. The fraction of sp³-hybridized carbons (Fsp3) is 0.529. The highest BCUT2D eigenvalue weighted by Gasteiger charge is 2.52. The van der Waals surface area contributed by atoms with Crippen LogP contribution in [0.15, 0.2) is 41.8 Å². The number of unbranched alkanes of at least 4 members (excludes halogenated alkanes) is 6. The van der Waals surface area contributed by atoms with Gasteiger partial charge in [0.25, 0.3) is 0 Å². The molecule has 0 amide bonds. The molecule has 4 aromatic heterocycles. The van der Waals surface area contributed by atoms with Crippen molar-refractivity contribution in [3.05, 3.63) is 52.9 Å². The van der Waals surface area contributed by atoms with E-state index in [1.54, 1.807) is 0 Å². The van der Waals surface area contributed by atoms with Gasteiger partial charge in [-0.1, -0.05) is 52.4 Å². The molecule has 0 spiro atoms. The number of hydrogen-bond donors (Lipinski definition) is 0. The van der Waals surface area contributed by atoms with Crippen LogP contribution in [0.1, 0.15) is 104 Å². The van der Waals surface area contributed by atoms with Crippen molar-refractivity contribution in [2.75, 3.05) is 0 Å². The van der Waals surface area contributed by atoms with Gasteiger partial charge in [-0.05, 0) is 106 Å². The maximum atomic E-state index is 6.45. The van der Waals surface area contributed by atoms with Crippen molar-refractivity contribution < 1.29 is 9.31 Å². The number of rotatable bonds is 14. The first-order chi connectivity index (χ1) is 19.7.